The van der Waals surface area contributed by atoms with Crippen molar-refractivity contribution in [1.82, 2.24) is 4.90 Å². The molecule has 0 radical (unpaired) electrons. The van der Waals surface area contributed by atoms with E-state index in [0.717, 1.165) is 6.54 Å². The molecule has 0 spiro atoms. The van der Waals surface area contributed by atoms with E-state index in [1.165, 1.54) is 37.2 Å². The van der Waals surface area contributed by atoms with Crippen molar-refractivity contribution in [2.24, 2.45) is 5.73 Å². The number of likely N-dealkylation sites (N-methyl/N-ethyl adjacent to an activating group) is 2. The molecule has 1 unspecified atom stereocenters. The first kappa shape index (κ1) is 13.4. The molecule has 1 aliphatic heterocycles. The predicted molar refractivity (Wildman–Crippen MR) is 77.9 cm³/mol. The molecule has 0 aliphatic carbocycles. The number of benzene rings is 1. The number of likely N-dealkylation sites (tertiary alicyclic amines) is 1. The number of anilines is 1. The largest absolute Gasteiger partial charge is 0.373 e. The first-order valence-electron chi connectivity index (χ1n) is 6.98. The highest BCUT2D eigenvalue weighted by atomic mass is 15.2. The van der Waals surface area contributed by atoms with Crippen LogP contribution < -0.4 is 10.6 Å². The summed E-state index contributed by atoms with van der Waals surface area (Å²) in [5.74, 6) is 0. The van der Waals surface area contributed by atoms with Crippen LogP contribution in [0.4, 0.5) is 5.69 Å². The van der Waals surface area contributed by atoms with Gasteiger partial charge in [-0.25, -0.2) is 0 Å². The van der Waals surface area contributed by atoms with E-state index in [1.54, 1.807) is 0 Å². The molecule has 1 aromatic rings. The summed E-state index contributed by atoms with van der Waals surface area (Å²) in [7, 11) is 2.18. The van der Waals surface area contributed by atoms with Crippen LogP contribution in [0, 0.1) is 0 Å². The number of rotatable bonds is 5. The Labute approximate surface area is 111 Å². The van der Waals surface area contributed by atoms with E-state index >= 15 is 0 Å². The van der Waals surface area contributed by atoms with Crippen LogP contribution in [0.5, 0.6) is 0 Å². The summed E-state index contributed by atoms with van der Waals surface area (Å²) < 4.78 is 0. The third-order valence-electron chi connectivity index (χ3n) is 4.00. The van der Waals surface area contributed by atoms with Gasteiger partial charge in [0.15, 0.2) is 0 Å². The highest BCUT2D eigenvalue weighted by Crippen LogP contribution is 2.20. The van der Waals surface area contributed by atoms with Gasteiger partial charge in [0, 0.05) is 31.9 Å². The fourth-order valence-corrected chi connectivity index (χ4v) is 2.83. The van der Waals surface area contributed by atoms with Crippen LogP contribution in [0.2, 0.25) is 0 Å². The van der Waals surface area contributed by atoms with Crippen molar-refractivity contribution in [3.8, 4) is 0 Å². The van der Waals surface area contributed by atoms with Gasteiger partial charge >= 0.3 is 0 Å². The molecule has 1 atom stereocenters. The van der Waals surface area contributed by atoms with Gasteiger partial charge < -0.3 is 10.6 Å². The lowest BCUT2D eigenvalue weighted by molar-refractivity contribution is 0.270. The van der Waals surface area contributed by atoms with E-state index in [-0.39, 0.29) is 0 Å². The summed E-state index contributed by atoms with van der Waals surface area (Å²) >= 11 is 0. The van der Waals surface area contributed by atoms with Crippen LogP contribution in [-0.2, 0) is 6.54 Å². The van der Waals surface area contributed by atoms with Gasteiger partial charge in [-0.2, -0.15) is 0 Å². The van der Waals surface area contributed by atoms with Gasteiger partial charge in [0.05, 0.1) is 0 Å². The minimum atomic E-state index is 0.621. The molecule has 0 saturated carbocycles. The monoisotopic (exact) mass is 247 g/mol. The summed E-state index contributed by atoms with van der Waals surface area (Å²) in [5, 5.41) is 0. The molecule has 2 N–H and O–H groups in total. The fourth-order valence-electron chi connectivity index (χ4n) is 2.83. The van der Waals surface area contributed by atoms with Crippen molar-refractivity contribution in [2.45, 2.75) is 32.4 Å². The normalized spacial score (nSPS) is 20.3. The van der Waals surface area contributed by atoms with Crippen molar-refractivity contribution < 1.29 is 0 Å². The number of nitrogens with zero attached hydrogens (tertiary/aromatic N) is 2. The Morgan fingerprint density at radius 3 is 2.67 bits per heavy atom. The lowest BCUT2D eigenvalue weighted by Gasteiger charge is -2.29. The second-order valence-electron chi connectivity index (χ2n) is 5.18. The van der Waals surface area contributed by atoms with Crippen molar-refractivity contribution in [3.05, 3.63) is 29.8 Å². The SMILES string of the molecule is CCN1CCCC1CN(C)c1ccc(CN)cc1. The summed E-state index contributed by atoms with van der Waals surface area (Å²) in [6.45, 7) is 6.44. The van der Waals surface area contributed by atoms with Gasteiger partial charge in [-0.3, -0.25) is 4.90 Å². The quantitative estimate of drug-likeness (QED) is 0.864. The van der Waals surface area contributed by atoms with E-state index in [1.807, 2.05) is 0 Å². The maximum absolute atomic E-state index is 5.62. The van der Waals surface area contributed by atoms with Crippen LogP contribution in [0.1, 0.15) is 25.3 Å². The minimum Gasteiger partial charge on any atom is -0.373 e. The second-order valence-corrected chi connectivity index (χ2v) is 5.18. The third kappa shape index (κ3) is 3.03. The standard InChI is InChI=1S/C15H25N3/c1-3-18-10-4-5-15(18)12-17(2)14-8-6-13(11-16)7-9-14/h6-9,15H,3-5,10-12,16H2,1-2H3. The Kier molecular flexibility index (Phi) is 4.61. The fraction of sp³-hybridized carbons (Fsp3) is 0.600. The van der Waals surface area contributed by atoms with E-state index in [4.69, 9.17) is 5.73 Å². The van der Waals surface area contributed by atoms with Crippen LogP contribution in [-0.4, -0.2) is 37.6 Å². The summed E-state index contributed by atoms with van der Waals surface area (Å²) in [5.41, 5.74) is 8.11. The minimum absolute atomic E-state index is 0.621. The first-order valence-corrected chi connectivity index (χ1v) is 6.98. The molecule has 2 rings (SSSR count). The number of hydrogen-bond donors (Lipinski definition) is 1. The molecule has 0 aromatic heterocycles. The van der Waals surface area contributed by atoms with Gasteiger partial charge in [-0.15, -0.1) is 0 Å². The van der Waals surface area contributed by atoms with Crippen molar-refractivity contribution in [3.63, 3.8) is 0 Å². The molecule has 1 aliphatic rings. The van der Waals surface area contributed by atoms with Crippen LogP contribution >= 0.6 is 0 Å². The zero-order valence-corrected chi connectivity index (χ0v) is 11.6. The topological polar surface area (TPSA) is 32.5 Å². The number of hydrogen-bond acceptors (Lipinski definition) is 3. The van der Waals surface area contributed by atoms with E-state index in [2.05, 4.69) is 48.0 Å². The van der Waals surface area contributed by atoms with E-state index in [9.17, 15) is 0 Å². The molecule has 3 nitrogen and oxygen atoms in total. The Morgan fingerprint density at radius 1 is 1.33 bits per heavy atom. The third-order valence-corrected chi connectivity index (χ3v) is 4.00. The average Bonchev–Trinajstić information content (AvgIpc) is 2.86. The average molecular weight is 247 g/mol. The zero-order chi connectivity index (χ0) is 13.0. The van der Waals surface area contributed by atoms with Gasteiger partial charge in [0.2, 0.25) is 0 Å². The molecule has 18 heavy (non-hydrogen) atoms. The smallest absolute Gasteiger partial charge is 0.0364 e. The molecule has 100 valence electrons. The van der Waals surface area contributed by atoms with Crippen LogP contribution in [0.15, 0.2) is 24.3 Å². The molecule has 1 aromatic carbocycles. The molecule has 1 heterocycles. The molecule has 1 saturated heterocycles. The molecule has 0 amide bonds. The first-order chi connectivity index (χ1) is 8.74. The Morgan fingerprint density at radius 2 is 2.06 bits per heavy atom. The predicted octanol–water partition coefficient (Wildman–Crippen LogP) is 2.07. The molecular weight excluding hydrogens is 222 g/mol. The Hall–Kier alpha value is -1.06. The molecule has 3 heteroatoms. The lowest BCUT2D eigenvalue weighted by atomic mass is 10.1. The molecule has 0 bridgehead atoms. The number of nitrogens with two attached hydrogens (primary N) is 1. The van der Waals surface area contributed by atoms with E-state index < -0.39 is 0 Å². The highest BCUT2D eigenvalue weighted by molar-refractivity contribution is 5.47. The van der Waals surface area contributed by atoms with Crippen molar-refractivity contribution in [2.75, 3.05) is 31.6 Å². The molecular formula is C15H25N3. The maximum Gasteiger partial charge on any atom is 0.0364 e. The van der Waals surface area contributed by atoms with Gasteiger partial charge in [-0.05, 0) is 43.6 Å². The lowest BCUT2D eigenvalue weighted by Crippen LogP contribution is -2.38. The summed E-state index contributed by atoms with van der Waals surface area (Å²) in [6, 6.07) is 9.31. The van der Waals surface area contributed by atoms with Crippen molar-refractivity contribution >= 4 is 5.69 Å². The highest BCUT2D eigenvalue weighted by Gasteiger charge is 2.23. The van der Waals surface area contributed by atoms with Crippen LogP contribution in [0.3, 0.4) is 0 Å². The summed E-state index contributed by atoms with van der Waals surface area (Å²) in [6.07, 6.45) is 2.68. The maximum atomic E-state index is 5.62. The summed E-state index contributed by atoms with van der Waals surface area (Å²) in [4.78, 5) is 4.95. The van der Waals surface area contributed by atoms with Gasteiger partial charge in [0.1, 0.15) is 0 Å². The zero-order valence-electron chi connectivity index (χ0n) is 11.6. The van der Waals surface area contributed by atoms with Gasteiger partial charge in [-0.1, -0.05) is 19.1 Å². The van der Waals surface area contributed by atoms with Gasteiger partial charge in [0.25, 0.3) is 0 Å². The second kappa shape index (κ2) is 6.21. The Bertz CT molecular complexity index is 361. The van der Waals surface area contributed by atoms with E-state index in [0.29, 0.717) is 12.6 Å². The molecule has 1 fully saturated rings. The van der Waals surface area contributed by atoms with Crippen LogP contribution in [0.25, 0.3) is 0 Å². The Balaban J connectivity index is 1.95. The van der Waals surface area contributed by atoms with Crippen molar-refractivity contribution in [1.29, 1.82) is 0 Å².